The van der Waals surface area contributed by atoms with Crippen molar-refractivity contribution in [2.24, 2.45) is 5.92 Å². The van der Waals surface area contributed by atoms with Gasteiger partial charge in [-0.15, -0.1) is 0 Å². The lowest BCUT2D eigenvalue weighted by Gasteiger charge is -2.41. The van der Waals surface area contributed by atoms with E-state index in [2.05, 4.69) is 5.32 Å². The monoisotopic (exact) mass is 545 g/mol. The van der Waals surface area contributed by atoms with Crippen molar-refractivity contribution >= 4 is 15.9 Å². The quantitative estimate of drug-likeness (QED) is 0.531. The van der Waals surface area contributed by atoms with Gasteiger partial charge in [-0.25, -0.2) is 8.42 Å². The number of ether oxygens (including phenoxy) is 1. The summed E-state index contributed by atoms with van der Waals surface area (Å²) in [6, 6.07) is 0.939. The van der Waals surface area contributed by atoms with Gasteiger partial charge in [-0.1, -0.05) is 6.92 Å². The topological polar surface area (TPSA) is 79.0 Å². The van der Waals surface area contributed by atoms with Crippen LogP contribution >= 0.6 is 0 Å². The van der Waals surface area contributed by atoms with Crippen LogP contribution in [0.15, 0.2) is 18.2 Å². The van der Waals surface area contributed by atoms with Crippen LogP contribution in [0.2, 0.25) is 0 Å². The SMILES string of the molecule is CCCS(=O)(=O)N1CCN(C2CC(CNC(=O)c3ccc(C(F)(F)F)cc3C(F)(F)F)CCO2)CC1. The van der Waals surface area contributed by atoms with E-state index >= 15 is 0 Å². The van der Waals surface area contributed by atoms with Crippen LogP contribution in [-0.2, 0) is 27.1 Å². The second-order valence-corrected chi connectivity index (χ2v) is 11.0. The number of nitrogens with one attached hydrogen (secondary N) is 1. The molecule has 36 heavy (non-hydrogen) atoms. The maximum absolute atomic E-state index is 13.4. The highest BCUT2D eigenvalue weighted by atomic mass is 32.2. The average molecular weight is 546 g/mol. The summed E-state index contributed by atoms with van der Waals surface area (Å²) in [4.78, 5) is 14.5. The standard InChI is InChI=1S/C22H29F6N3O4S/c1-2-11-36(33,34)31-8-6-30(7-9-31)19-12-15(5-10-35-19)14-29-20(32)17-4-3-16(21(23,24)25)13-18(17)22(26,27)28/h3-4,13,15,19H,2,5-12,14H2,1H3,(H,29,32). The van der Waals surface area contributed by atoms with Gasteiger partial charge in [-0.2, -0.15) is 30.6 Å². The average Bonchev–Trinajstić information content (AvgIpc) is 2.81. The molecule has 0 radical (unpaired) electrons. The van der Waals surface area contributed by atoms with E-state index in [9.17, 15) is 39.6 Å². The molecule has 204 valence electrons. The number of carbonyl (C=O) groups is 1. The van der Waals surface area contributed by atoms with Gasteiger partial charge in [0.1, 0.15) is 6.23 Å². The number of hydrogen-bond acceptors (Lipinski definition) is 5. The number of amides is 1. The summed E-state index contributed by atoms with van der Waals surface area (Å²) < 4.78 is 110. The van der Waals surface area contributed by atoms with Crippen LogP contribution in [0.3, 0.4) is 0 Å². The number of piperazine rings is 1. The predicted octanol–water partition coefficient (Wildman–Crippen LogP) is 3.56. The molecule has 2 saturated heterocycles. The Balaban J connectivity index is 1.58. The number of alkyl halides is 6. The van der Waals surface area contributed by atoms with Crippen molar-refractivity contribution in [3.05, 3.63) is 34.9 Å². The van der Waals surface area contributed by atoms with Gasteiger partial charge in [0.15, 0.2) is 0 Å². The fourth-order valence-electron chi connectivity index (χ4n) is 4.42. The highest BCUT2D eigenvalue weighted by Crippen LogP contribution is 2.37. The fraction of sp³-hybridized carbons (Fsp3) is 0.682. The third-order valence-corrected chi connectivity index (χ3v) is 8.43. The Labute approximate surface area is 205 Å². The van der Waals surface area contributed by atoms with Crippen LogP contribution < -0.4 is 5.32 Å². The van der Waals surface area contributed by atoms with E-state index in [1.54, 1.807) is 6.92 Å². The highest BCUT2D eigenvalue weighted by molar-refractivity contribution is 7.89. The minimum Gasteiger partial charge on any atom is -0.363 e. The van der Waals surface area contributed by atoms with Crippen molar-refractivity contribution in [2.75, 3.05) is 45.1 Å². The van der Waals surface area contributed by atoms with Crippen LogP contribution in [-0.4, -0.2) is 74.8 Å². The zero-order valence-electron chi connectivity index (χ0n) is 19.7. The van der Waals surface area contributed by atoms with Crippen molar-refractivity contribution in [3.63, 3.8) is 0 Å². The van der Waals surface area contributed by atoms with E-state index in [1.165, 1.54) is 4.31 Å². The molecule has 2 aliphatic heterocycles. The molecule has 7 nitrogen and oxygen atoms in total. The van der Waals surface area contributed by atoms with Gasteiger partial charge in [0.05, 0.1) is 22.4 Å². The van der Waals surface area contributed by atoms with Gasteiger partial charge in [0, 0.05) is 39.3 Å². The molecule has 3 rings (SSSR count). The van der Waals surface area contributed by atoms with Crippen LogP contribution in [0.25, 0.3) is 0 Å². The Morgan fingerprint density at radius 2 is 1.75 bits per heavy atom. The molecule has 1 amide bonds. The van der Waals surface area contributed by atoms with Crippen LogP contribution in [0, 0.1) is 5.92 Å². The number of nitrogens with zero attached hydrogens (tertiary/aromatic N) is 2. The summed E-state index contributed by atoms with van der Waals surface area (Å²) in [6.07, 6.45) is -8.89. The minimum absolute atomic E-state index is 0.0296. The first-order valence-electron chi connectivity index (χ1n) is 11.6. The fourth-order valence-corrected chi connectivity index (χ4v) is 5.92. The molecule has 1 aromatic rings. The normalized spacial score (nSPS) is 23.0. The molecule has 0 spiro atoms. The first-order valence-corrected chi connectivity index (χ1v) is 13.2. The second-order valence-electron chi connectivity index (χ2n) is 8.93. The number of rotatable bonds is 7. The maximum Gasteiger partial charge on any atom is 0.417 e. The zero-order valence-corrected chi connectivity index (χ0v) is 20.5. The van der Waals surface area contributed by atoms with Gasteiger partial charge < -0.3 is 10.1 Å². The first kappa shape index (κ1) is 28.7. The molecule has 14 heteroatoms. The molecule has 0 saturated carbocycles. The Morgan fingerprint density at radius 3 is 2.33 bits per heavy atom. The van der Waals surface area contributed by atoms with Crippen LogP contribution in [0.4, 0.5) is 26.3 Å². The van der Waals surface area contributed by atoms with Gasteiger partial charge in [0.25, 0.3) is 5.91 Å². The third kappa shape index (κ3) is 7.11. The van der Waals surface area contributed by atoms with E-state index in [-0.39, 0.29) is 30.5 Å². The second kappa shape index (κ2) is 11.2. The van der Waals surface area contributed by atoms with Crippen LogP contribution in [0.5, 0.6) is 0 Å². The Hall–Kier alpha value is -1.90. The molecule has 1 N–H and O–H groups in total. The summed E-state index contributed by atoms with van der Waals surface area (Å²) in [5, 5.41) is 2.42. The van der Waals surface area contributed by atoms with Gasteiger partial charge in [-0.05, 0) is 43.4 Å². The van der Waals surface area contributed by atoms with E-state index < -0.39 is 45.0 Å². The first-order chi connectivity index (χ1) is 16.7. The molecule has 0 aliphatic carbocycles. The predicted molar refractivity (Wildman–Crippen MR) is 118 cm³/mol. The largest absolute Gasteiger partial charge is 0.417 e. The molecule has 0 bridgehead atoms. The number of halogens is 6. The number of benzene rings is 1. The zero-order chi connectivity index (χ0) is 26.7. The highest BCUT2D eigenvalue weighted by Gasteiger charge is 2.40. The Morgan fingerprint density at radius 1 is 1.08 bits per heavy atom. The van der Waals surface area contributed by atoms with Crippen molar-refractivity contribution in [2.45, 2.75) is 44.8 Å². The van der Waals surface area contributed by atoms with Crippen LogP contribution in [0.1, 0.15) is 47.7 Å². The molecule has 2 atom stereocenters. The van der Waals surface area contributed by atoms with Crippen molar-refractivity contribution < 1.29 is 44.3 Å². The van der Waals surface area contributed by atoms with Gasteiger partial charge in [0.2, 0.25) is 10.0 Å². The van der Waals surface area contributed by atoms with E-state index in [4.69, 9.17) is 4.74 Å². The molecular formula is C22H29F6N3O4S. The summed E-state index contributed by atoms with van der Waals surface area (Å²) >= 11 is 0. The molecule has 1 aromatic carbocycles. The summed E-state index contributed by atoms with van der Waals surface area (Å²) in [5.41, 5.74) is -4.00. The maximum atomic E-state index is 13.4. The molecular weight excluding hydrogens is 516 g/mol. The molecule has 2 aliphatic rings. The van der Waals surface area contributed by atoms with Crippen molar-refractivity contribution in [1.29, 1.82) is 0 Å². The lowest BCUT2D eigenvalue weighted by molar-refractivity contribution is -0.143. The lowest BCUT2D eigenvalue weighted by atomic mass is 9.97. The molecule has 2 fully saturated rings. The number of carbonyl (C=O) groups excluding carboxylic acids is 1. The molecule has 0 aromatic heterocycles. The number of hydrogen-bond donors (Lipinski definition) is 1. The van der Waals surface area contributed by atoms with Crippen molar-refractivity contribution in [1.82, 2.24) is 14.5 Å². The van der Waals surface area contributed by atoms with E-state index in [0.29, 0.717) is 64.2 Å². The van der Waals surface area contributed by atoms with E-state index in [0.717, 1.165) is 0 Å². The minimum atomic E-state index is -5.13. The summed E-state index contributed by atoms with van der Waals surface area (Å²) in [5.74, 6) is -1.14. The number of sulfonamides is 1. The third-order valence-electron chi connectivity index (χ3n) is 6.36. The van der Waals surface area contributed by atoms with Crippen molar-refractivity contribution in [3.8, 4) is 0 Å². The smallest absolute Gasteiger partial charge is 0.363 e. The van der Waals surface area contributed by atoms with E-state index in [1.807, 2.05) is 4.90 Å². The summed E-state index contributed by atoms with van der Waals surface area (Å²) in [7, 11) is -3.29. The summed E-state index contributed by atoms with van der Waals surface area (Å²) in [6.45, 7) is 3.77. The lowest BCUT2D eigenvalue weighted by Crippen LogP contribution is -2.54. The molecule has 2 unspecified atom stereocenters. The Bertz CT molecular complexity index is 1020. The Kier molecular flexibility index (Phi) is 8.95. The molecule has 2 heterocycles. The van der Waals surface area contributed by atoms with Gasteiger partial charge in [-0.3, -0.25) is 9.69 Å². The van der Waals surface area contributed by atoms with Gasteiger partial charge >= 0.3 is 12.4 Å².